The van der Waals surface area contributed by atoms with Gasteiger partial charge in [-0.25, -0.2) is 0 Å². The molecule has 1 aromatic carbocycles. The number of carbonyl (C=O) groups excluding carboxylic acids is 2. The Labute approximate surface area is 111 Å². The van der Waals surface area contributed by atoms with E-state index in [1.54, 1.807) is 6.07 Å². The quantitative estimate of drug-likeness (QED) is 0.855. The molecule has 1 aromatic rings. The number of nitrogens with one attached hydrogen (secondary N) is 1. The first-order chi connectivity index (χ1) is 8.43. The predicted molar refractivity (Wildman–Crippen MR) is 70.8 cm³/mol. The third-order valence-corrected chi connectivity index (χ3v) is 2.78. The van der Waals surface area contributed by atoms with Gasteiger partial charge in [-0.05, 0) is 31.0 Å². The van der Waals surface area contributed by atoms with Crippen molar-refractivity contribution < 1.29 is 14.3 Å². The Hall–Kier alpha value is -1.55. The molecule has 0 bridgehead atoms. The molecule has 0 saturated carbocycles. The van der Waals surface area contributed by atoms with Gasteiger partial charge in [-0.3, -0.25) is 9.59 Å². The van der Waals surface area contributed by atoms with Crippen molar-refractivity contribution in [3.05, 3.63) is 28.3 Å². The van der Waals surface area contributed by atoms with Crippen LogP contribution in [0.3, 0.4) is 0 Å². The van der Waals surface area contributed by atoms with Crippen LogP contribution in [0.2, 0.25) is 5.02 Å². The van der Waals surface area contributed by atoms with Crippen LogP contribution in [0.15, 0.2) is 12.1 Å². The monoisotopic (exact) mass is 269 g/mol. The molecule has 5 heteroatoms. The van der Waals surface area contributed by atoms with Gasteiger partial charge in [-0.1, -0.05) is 17.7 Å². The van der Waals surface area contributed by atoms with E-state index < -0.39 is 5.97 Å². The number of rotatable bonds is 4. The molecular weight excluding hydrogens is 254 g/mol. The standard InChI is InChI=1S/C13H16ClNO3/c1-8-6-9(2)13(10(14)7-8)15-11(16)4-5-12(17)18-3/h6-7H,4-5H2,1-3H3,(H,15,16). The Bertz CT molecular complexity index is 448. The maximum absolute atomic E-state index is 11.6. The van der Waals surface area contributed by atoms with Crippen molar-refractivity contribution in [2.24, 2.45) is 0 Å². The summed E-state index contributed by atoms with van der Waals surface area (Å²) >= 11 is 6.06. The minimum atomic E-state index is -0.406. The number of esters is 1. The van der Waals surface area contributed by atoms with Gasteiger partial charge in [0.05, 0.1) is 24.2 Å². The second-order valence-corrected chi connectivity index (χ2v) is 4.47. The van der Waals surface area contributed by atoms with Crippen LogP contribution >= 0.6 is 11.6 Å². The van der Waals surface area contributed by atoms with Crippen molar-refractivity contribution >= 4 is 29.2 Å². The number of halogens is 1. The molecule has 0 aliphatic carbocycles. The molecule has 1 N–H and O–H groups in total. The summed E-state index contributed by atoms with van der Waals surface area (Å²) < 4.78 is 4.47. The number of amides is 1. The van der Waals surface area contributed by atoms with Gasteiger partial charge >= 0.3 is 5.97 Å². The summed E-state index contributed by atoms with van der Waals surface area (Å²) in [5, 5.41) is 3.21. The molecule has 0 saturated heterocycles. The summed E-state index contributed by atoms with van der Waals surface area (Å²) in [6.07, 6.45) is 0.140. The fraction of sp³-hybridized carbons (Fsp3) is 0.385. The van der Waals surface area contributed by atoms with Crippen LogP contribution in [0.25, 0.3) is 0 Å². The van der Waals surface area contributed by atoms with E-state index in [0.717, 1.165) is 11.1 Å². The lowest BCUT2D eigenvalue weighted by Gasteiger charge is -2.11. The Morgan fingerprint density at radius 1 is 1.28 bits per heavy atom. The van der Waals surface area contributed by atoms with Gasteiger partial charge in [0.2, 0.25) is 5.91 Å². The lowest BCUT2D eigenvalue weighted by molar-refractivity contribution is -0.141. The molecule has 0 aliphatic rings. The van der Waals surface area contributed by atoms with Gasteiger partial charge in [0.15, 0.2) is 0 Å². The fourth-order valence-electron chi connectivity index (χ4n) is 1.59. The van der Waals surface area contributed by atoms with Crippen molar-refractivity contribution in [2.75, 3.05) is 12.4 Å². The SMILES string of the molecule is COC(=O)CCC(=O)Nc1c(C)cc(C)cc1Cl. The van der Waals surface area contributed by atoms with Crippen LogP contribution in [0.5, 0.6) is 0 Å². The largest absolute Gasteiger partial charge is 0.469 e. The second-order valence-electron chi connectivity index (χ2n) is 4.06. The van der Waals surface area contributed by atoms with E-state index >= 15 is 0 Å². The van der Waals surface area contributed by atoms with Crippen LogP contribution in [0.1, 0.15) is 24.0 Å². The lowest BCUT2D eigenvalue weighted by atomic mass is 10.1. The summed E-state index contributed by atoms with van der Waals surface area (Å²) in [6, 6.07) is 3.71. The summed E-state index contributed by atoms with van der Waals surface area (Å²) in [6.45, 7) is 3.80. The highest BCUT2D eigenvalue weighted by atomic mass is 35.5. The number of hydrogen-bond acceptors (Lipinski definition) is 3. The Kier molecular flexibility index (Phi) is 5.16. The first kappa shape index (κ1) is 14.5. The molecule has 0 fully saturated rings. The fourth-order valence-corrected chi connectivity index (χ4v) is 1.96. The van der Waals surface area contributed by atoms with Crippen LogP contribution in [0, 0.1) is 13.8 Å². The van der Waals surface area contributed by atoms with Gasteiger partial charge < -0.3 is 10.1 Å². The zero-order valence-electron chi connectivity index (χ0n) is 10.7. The number of hydrogen-bond donors (Lipinski definition) is 1. The molecule has 0 aliphatic heterocycles. The van der Waals surface area contributed by atoms with Crippen LogP contribution < -0.4 is 5.32 Å². The minimum absolute atomic E-state index is 0.0604. The van der Waals surface area contributed by atoms with E-state index in [-0.39, 0.29) is 18.7 Å². The zero-order chi connectivity index (χ0) is 13.7. The number of benzene rings is 1. The molecule has 0 atom stereocenters. The highest BCUT2D eigenvalue weighted by Gasteiger charge is 2.11. The smallest absolute Gasteiger partial charge is 0.306 e. The third-order valence-electron chi connectivity index (χ3n) is 2.48. The maximum atomic E-state index is 11.6. The van der Waals surface area contributed by atoms with Gasteiger partial charge in [0, 0.05) is 6.42 Å². The van der Waals surface area contributed by atoms with Crippen LogP contribution in [-0.4, -0.2) is 19.0 Å². The van der Waals surface area contributed by atoms with E-state index in [0.29, 0.717) is 10.7 Å². The highest BCUT2D eigenvalue weighted by Crippen LogP contribution is 2.27. The minimum Gasteiger partial charge on any atom is -0.469 e. The molecule has 1 amide bonds. The number of methoxy groups -OCH3 is 1. The first-order valence-corrected chi connectivity index (χ1v) is 5.95. The van der Waals surface area contributed by atoms with Gasteiger partial charge in [-0.15, -0.1) is 0 Å². The number of anilines is 1. The zero-order valence-corrected chi connectivity index (χ0v) is 11.4. The predicted octanol–water partition coefficient (Wildman–Crippen LogP) is 2.85. The van der Waals surface area contributed by atoms with Gasteiger partial charge in [-0.2, -0.15) is 0 Å². The second kappa shape index (κ2) is 6.40. The van der Waals surface area contributed by atoms with E-state index in [1.807, 2.05) is 19.9 Å². The van der Waals surface area contributed by atoms with E-state index in [2.05, 4.69) is 10.1 Å². The Morgan fingerprint density at radius 3 is 2.50 bits per heavy atom. The molecule has 0 radical (unpaired) electrons. The van der Waals surface area contributed by atoms with Crippen molar-refractivity contribution in [3.8, 4) is 0 Å². The highest BCUT2D eigenvalue weighted by molar-refractivity contribution is 6.34. The first-order valence-electron chi connectivity index (χ1n) is 5.57. The number of aryl methyl sites for hydroxylation is 2. The average Bonchev–Trinajstić information content (AvgIpc) is 2.30. The molecule has 98 valence electrons. The molecule has 0 heterocycles. The lowest BCUT2D eigenvalue weighted by Crippen LogP contribution is -2.15. The topological polar surface area (TPSA) is 55.4 Å². The normalized spacial score (nSPS) is 10.0. The van der Waals surface area contributed by atoms with Crippen molar-refractivity contribution in [1.82, 2.24) is 0 Å². The van der Waals surface area contributed by atoms with E-state index in [4.69, 9.17) is 11.6 Å². The van der Waals surface area contributed by atoms with Crippen molar-refractivity contribution in [3.63, 3.8) is 0 Å². The number of carbonyl (C=O) groups is 2. The molecule has 0 unspecified atom stereocenters. The van der Waals surface area contributed by atoms with Crippen molar-refractivity contribution in [2.45, 2.75) is 26.7 Å². The summed E-state index contributed by atoms with van der Waals surface area (Å²) in [4.78, 5) is 22.6. The van der Waals surface area contributed by atoms with E-state index in [9.17, 15) is 9.59 Å². The van der Waals surface area contributed by atoms with Crippen molar-refractivity contribution in [1.29, 1.82) is 0 Å². The van der Waals surface area contributed by atoms with E-state index in [1.165, 1.54) is 7.11 Å². The molecule has 0 aromatic heterocycles. The molecular formula is C13H16ClNO3. The average molecular weight is 270 g/mol. The van der Waals surface area contributed by atoms with Gasteiger partial charge in [0.25, 0.3) is 0 Å². The number of ether oxygens (including phenoxy) is 1. The van der Waals surface area contributed by atoms with Gasteiger partial charge in [0.1, 0.15) is 0 Å². The summed E-state index contributed by atoms with van der Waals surface area (Å²) in [5.41, 5.74) is 2.52. The third kappa shape index (κ3) is 4.04. The van der Waals surface area contributed by atoms with Crippen LogP contribution in [-0.2, 0) is 14.3 Å². The molecule has 18 heavy (non-hydrogen) atoms. The Morgan fingerprint density at radius 2 is 1.94 bits per heavy atom. The van der Waals surface area contributed by atoms with Crippen LogP contribution in [0.4, 0.5) is 5.69 Å². The molecule has 0 spiro atoms. The summed E-state index contributed by atoms with van der Waals surface area (Å²) in [7, 11) is 1.29. The maximum Gasteiger partial charge on any atom is 0.306 e. The molecule has 4 nitrogen and oxygen atoms in total. The molecule has 1 rings (SSSR count). The Balaban J connectivity index is 2.68. The summed E-state index contributed by atoms with van der Waals surface area (Å²) in [5.74, 6) is -0.661.